The second-order valence-electron chi connectivity index (χ2n) is 4.54. The molecule has 0 saturated carbocycles. The Hall–Kier alpha value is -1.41. The molecule has 0 aliphatic rings. The molecule has 0 fully saturated rings. The van der Waals surface area contributed by atoms with E-state index in [1.807, 2.05) is 0 Å². The molecular weight excluding hydrogens is 288 g/mol. The maximum absolute atomic E-state index is 11.5. The number of imidazole rings is 1. The molecule has 0 radical (unpaired) electrons. The molecule has 6 nitrogen and oxygen atoms in total. The number of benzene rings is 1. The van der Waals surface area contributed by atoms with Crippen molar-refractivity contribution in [1.29, 1.82) is 0 Å². The van der Waals surface area contributed by atoms with Crippen LogP contribution in [-0.2, 0) is 19.7 Å². The third kappa shape index (κ3) is 2.79. The summed E-state index contributed by atoms with van der Waals surface area (Å²) in [5.41, 5.74) is 1.05. The average Bonchev–Trinajstić information content (AvgIpc) is 2.67. The monoisotopic (exact) mass is 302 g/mol. The quantitative estimate of drug-likeness (QED) is 0.914. The van der Waals surface area contributed by atoms with Crippen molar-refractivity contribution >= 4 is 30.7 Å². The van der Waals surface area contributed by atoms with Crippen molar-refractivity contribution in [3.63, 3.8) is 0 Å². The van der Waals surface area contributed by atoms with Gasteiger partial charge in [0.25, 0.3) is 0 Å². The van der Waals surface area contributed by atoms with Gasteiger partial charge in [-0.15, -0.1) is 0 Å². The number of hydrogen-bond acceptors (Lipinski definition) is 5. The van der Waals surface area contributed by atoms with Gasteiger partial charge in [0.05, 0.1) is 15.9 Å². The molecule has 0 spiro atoms. The van der Waals surface area contributed by atoms with E-state index in [4.69, 9.17) is 0 Å². The van der Waals surface area contributed by atoms with Crippen molar-refractivity contribution in [1.82, 2.24) is 9.97 Å². The molecule has 0 saturated heterocycles. The Bertz CT molecular complexity index is 835. The fourth-order valence-corrected chi connectivity index (χ4v) is 2.80. The number of hydrogen-bond donors (Lipinski definition) is 1. The summed E-state index contributed by atoms with van der Waals surface area (Å²) >= 11 is 0. The van der Waals surface area contributed by atoms with Crippen LogP contribution >= 0.6 is 0 Å². The largest absolute Gasteiger partial charge is 0.341 e. The normalized spacial score (nSPS) is 14.7. The van der Waals surface area contributed by atoms with Gasteiger partial charge in [-0.3, -0.25) is 0 Å². The number of nitrogens with one attached hydrogen (secondary N) is 1. The molecule has 1 unspecified atom stereocenters. The van der Waals surface area contributed by atoms with E-state index in [1.54, 1.807) is 6.07 Å². The molecule has 0 bridgehead atoms. The SMILES string of the molecule is CC(c1nc2ccc(S(C)(=O)=O)cc2[nH]1)S(C)(=O)=O. The van der Waals surface area contributed by atoms with Crippen LogP contribution in [0.5, 0.6) is 0 Å². The Kier molecular flexibility index (Phi) is 3.18. The van der Waals surface area contributed by atoms with Gasteiger partial charge in [0, 0.05) is 12.5 Å². The summed E-state index contributed by atoms with van der Waals surface area (Å²) in [5.74, 6) is 0.308. The highest BCUT2D eigenvalue weighted by molar-refractivity contribution is 7.91. The van der Waals surface area contributed by atoms with Gasteiger partial charge in [-0.1, -0.05) is 0 Å². The zero-order chi connectivity index (χ0) is 14.4. The summed E-state index contributed by atoms with van der Waals surface area (Å²) in [6, 6.07) is 4.46. The number of nitrogens with zero attached hydrogens (tertiary/aromatic N) is 1. The minimum absolute atomic E-state index is 0.169. The molecule has 0 aliphatic heterocycles. The highest BCUT2D eigenvalue weighted by Gasteiger charge is 2.21. The predicted octanol–water partition coefficient (Wildman–Crippen LogP) is 1.07. The zero-order valence-corrected chi connectivity index (χ0v) is 12.3. The first kappa shape index (κ1) is 14.0. The summed E-state index contributed by atoms with van der Waals surface area (Å²) in [6.45, 7) is 1.53. The maximum Gasteiger partial charge on any atom is 0.175 e. The highest BCUT2D eigenvalue weighted by Crippen LogP contribution is 2.23. The highest BCUT2D eigenvalue weighted by atomic mass is 32.2. The van der Waals surface area contributed by atoms with Crippen LogP contribution in [0.2, 0.25) is 0 Å². The predicted molar refractivity (Wildman–Crippen MR) is 72.5 cm³/mol. The fraction of sp³-hybridized carbons (Fsp3) is 0.364. The van der Waals surface area contributed by atoms with Gasteiger partial charge in [0.15, 0.2) is 19.7 Å². The van der Waals surface area contributed by atoms with Crippen LogP contribution in [0.1, 0.15) is 18.0 Å². The molecule has 1 aromatic heterocycles. The summed E-state index contributed by atoms with van der Waals surface area (Å²) < 4.78 is 45.9. The molecular formula is C11H14N2O4S2. The molecule has 0 amide bonds. The Balaban J connectivity index is 2.59. The number of fused-ring (bicyclic) bond motifs is 1. The fourth-order valence-electron chi connectivity index (χ4n) is 1.63. The van der Waals surface area contributed by atoms with Crippen LogP contribution in [0.4, 0.5) is 0 Å². The van der Waals surface area contributed by atoms with Gasteiger partial charge >= 0.3 is 0 Å². The Morgan fingerprint density at radius 2 is 1.79 bits per heavy atom. The van der Waals surface area contributed by atoms with E-state index in [0.717, 1.165) is 12.5 Å². The number of H-pyrrole nitrogens is 1. The van der Waals surface area contributed by atoms with Gasteiger partial charge in [-0.2, -0.15) is 0 Å². The van der Waals surface area contributed by atoms with Crippen molar-refractivity contribution in [2.45, 2.75) is 17.1 Å². The molecule has 8 heteroatoms. The lowest BCUT2D eigenvalue weighted by Gasteiger charge is -2.04. The van der Waals surface area contributed by atoms with Crippen molar-refractivity contribution in [2.24, 2.45) is 0 Å². The number of aromatic nitrogens is 2. The first-order valence-electron chi connectivity index (χ1n) is 5.47. The molecule has 104 valence electrons. The Morgan fingerprint density at radius 3 is 2.32 bits per heavy atom. The smallest absolute Gasteiger partial charge is 0.175 e. The van der Waals surface area contributed by atoms with E-state index in [-0.39, 0.29) is 4.90 Å². The van der Waals surface area contributed by atoms with Gasteiger partial charge in [-0.05, 0) is 25.1 Å². The summed E-state index contributed by atoms with van der Waals surface area (Å²) in [4.78, 5) is 7.20. The summed E-state index contributed by atoms with van der Waals surface area (Å²) in [5, 5.41) is -0.762. The van der Waals surface area contributed by atoms with Crippen molar-refractivity contribution in [3.8, 4) is 0 Å². The van der Waals surface area contributed by atoms with Crippen molar-refractivity contribution in [3.05, 3.63) is 24.0 Å². The summed E-state index contributed by atoms with van der Waals surface area (Å²) in [6.07, 6.45) is 2.25. The molecule has 0 aliphatic carbocycles. The van der Waals surface area contributed by atoms with Crippen LogP contribution in [0.15, 0.2) is 23.1 Å². The van der Waals surface area contributed by atoms with Crippen molar-refractivity contribution < 1.29 is 16.8 Å². The minimum atomic E-state index is -3.30. The molecule has 19 heavy (non-hydrogen) atoms. The van der Waals surface area contributed by atoms with Crippen LogP contribution in [0, 0.1) is 0 Å². The minimum Gasteiger partial charge on any atom is -0.341 e. The number of sulfone groups is 2. The lowest BCUT2D eigenvalue weighted by molar-refractivity contribution is 0.589. The van der Waals surface area contributed by atoms with E-state index in [2.05, 4.69) is 9.97 Å². The Morgan fingerprint density at radius 1 is 1.16 bits per heavy atom. The topological polar surface area (TPSA) is 97.0 Å². The van der Waals surface area contributed by atoms with Gasteiger partial charge in [0.1, 0.15) is 11.1 Å². The van der Waals surface area contributed by atoms with E-state index in [9.17, 15) is 16.8 Å². The van der Waals surface area contributed by atoms with E-state index >= 15 is 0 Å². The molecule has 1 aromatic carbocycles. The van der Waals surface area contributed by atoms with Gasteiger partial charge in [-0.25, -0.2) is 21.8 Å². The maximum atomic E-state index is 11.5. The third-order valence-electron chi connectivity index (χ3n) is 2.93. The summed E-state index contributed by atoms with van der Waals surface area (Å²) in [7, 11) is -6.55. The lowest BCUT2D eigenvalue weighted by atomic mass is 10.3. The van der Waals surface area contributed by atoms with E-state index in [0.29, 0.717) is 16.9 Å². The number of aromatic amines is 1. The van der Waals surface area contributed by atoms with Crippen LogP contribution in [0.25, 0.3) is 11.0 Å². The molecule has 1 atom stereocenters. The third-order valence-corrected chi connectivity index (χ3v) is 5.55. The first-order valence-corrected chi connectivity index (χ1v) is 9.32. The van der Waals surface area contributed by atoms with Crippen molar-refractivity contribution in [2.75, 3.05) is 12.5 Å². The first-order chi connectivity index (χ1) is 8.59. The Labute approximate surface area is 111 Å². The van der Waals surface area contributed by atoms with Crippen LogP contribution < -0.4 is 0 Å². The van der Waals surface area contributed by atoms with Crippen LogP contribution in [0.3, 0.4) is 0 Å². The standard InChI is InChI=1S/C11H14N2O4S2/c1-7(18(2,14)15)11-12-9-5-4-8(19(3,16)17)6-10(9)13-11/h4-7H,1-3H3,(H,12,13). The molecule has 1 heterocycles. The number of rotatable bonds is 3. The van der Waals surface area contributed by atoms with Crippen LogP contribution in [-0.4, -0.2) is 39.3 Å². The average molecular weight is 302 g/mol. The van der Waals surface area contributed by atoms with E-state index in [1.165, 1.54) is 19.1 Å². The second kappa shape index (κ2) is 4.31. The molecule has 1 N–H and O–H groups in total. The second-order valence-corrected chi connectivity index (χ2v) is 8.93. The van der Waals surface area contributed by atoms with E-state index < -0.39 is 24.9 Å². The van der Waals surface area contributed by atoms with Gasteiger partial charge in [0.2, 0.25) is 0 Å². The lowest BCUT2D eigenvalue weighted by Crippen LogP contribution is -2.09. The molecule has 2 aromatic rings. The zero-order valence-electron chi connectivity index (χ0n) is 10.7. The van der Waals surface area contributed by atoms with Gasteiger partial charge < -0.3 is 4.98 Å². The molecule has 2 rings (SSSR count).